The Balaban J connectivity index is 1.79. The topological polar surface area (TPSA) is 67.4 Å². The van der Waals surface area contributed by atoms with Gasteiger partial charge >= 0.3 is 0 Å². The van der Waals surface area contributed by atoms with Gasteiger partial charge in [0.25, 0.3) is 5.91 Å². The van der Waals surface area contributed by atoms with Crippen LogP contribution in [-0.2, 0) is 4.79 Å². The van der Waals surface area contributed by atoms with E-state index in [1.54, 1.807) is 0 Å². The zero-order chi connectivity index (χ0) is 19.8. The van der Waals surface area contributed by atoms with Crippen molar-refractivity contribution in [1.29, 1.82) is 0 Å². The fourth-order valence-corrected chi connectivity index (χ4v) is 2.47. The first kappa shape index (κ1) is 20.4. The van der Waals surface area contributed by atoms with E-state index in [4.69, 9.17) is 4.74 Å². The number of ether oxygens (including phenoxy) is 1. The van der Waals surface area contributed by atoms with Crippen LogP contribution in [0.1, 0.15) is 42.2 Å². The van der Waals surface area contributed by atoms with Crippen molar-refractivity contribution in [2.75, 3.05) is 13.2 Å². The highest BCUT2D eigenvalue weighted by Gasteiger charge is 2.14. The Morgan fingerprint density at radius 2 is 1.81 bits per heavy atom. The zero-order valence-corrected chi connectivity index (χ0v) is 15.2. The first-order chi connectivity index (χ1) is 12.9. The van der Waals surface area contributed by atoms with Crippen LogP contribution in [0.15, 0.2) is 42.5 Å². The molecule has 0 saturated carbocycles. The summed E-state index contributed by atoms with van der Waals surface area (Å²) in [5, 5.41) is 5.27. The van der Waals surface area contributed by atoms with E-state index < -0.39 is 17.5 Å². The Kier molecular flexibility index (Phi) is 7.28. The third-order valence-corrected chi connectivity index (χ3v) is 3.88. The van der Waals surface area contributed by atoms with Crippen LogP contribution < -0.4 is 15.4 Å². The Morgan fingerprint density at radius 3 is 2.44 bits per heavy atom. The molecule has 144 valence electrons. The largest absolute Gasteiger partial charge is 0.494 e. The number of rotatable bonds is 8. The molecule has 5 nitrogen and oxygen atoms in total. The predicted octanol–water partition coefficient (Wildman–Crippen LogP) is 3.36. The molecule has 0 heterocycles. The van der Waals surface area contributed by atoms with Crippen molar-refractivity contribution in [1.82, 2.24) is 10.6 Å². The SMILES string of the molecule is CCOc1ccc(C(C)NC(=O)CCNC(=O)c2ccc(F)cc2F)cc1. The molecule has 2 amide bonds. The van der Waals surface area contributed by atoms with Crippen LogP contribution in [0.2, 0.25) is 0 Å². The van der Waals surface area contributed by atoms with Gasteiger partial charge in [0.15, 0.2) is 0 Å². The van der Waals surface area contributed by atoms with Gasteiger partial charge in [-0.25, -0.2) is 8.78 Å². The number of nitrogens with one attached hydrogen (secondary N) is 2. The molecular formula is C20H22F2N2O3. The summed E-state index contributed by atoms with van der Waals surface area (Å²) in [5.41, 5.74) is 0.656. The summed E-state index contributed by atoms with van der Waals surface area (Å²) in [6.45, 7) is 4.37. The molecule has 2 rings (SSSR count). The van der Waals surface area contributed by atoms with Crippen LogP contribution in [-0.4, -0.2) is 25.0 Å². The number of amides is 2. The summed E-state index contributed by atoms with van der Waals surface area (Å²) < 4.78 is 31.8. The molecule has 0 spiro atoms. The normalized spacial score (nSPS) is 11.6. The van der Waals surface area contributed by atoms with Gasteiger partial charge in [-0.05, 0) is 43.7 Å². The fraction of sp³-hybridized carbons (Fsp3) is 0.300. The van der Waals surface area contributed by atoms with Crippen molar-refractivity contribution in [3.05, 3.63) is 65.2 Å². The molecule has 0 aliphatic carbocycles. The lowest BCUT2D eigenvalue weighted by Gasteiger charge is -2.15. The minimum atomic E-state index is -0.943. The molecule has 1 unspecified atom stereocenters. The average molecular weight is 376 g/mol. The molecule has 0 aromatic heterocycles. The second-order valence-corrected chi connectivity index (χ2v) is 5.92. The predicted molar refractivity (Wildman–Crippen MR) is 97.5 cm³/mol. The van der Waals surface area contributed by atoms with E-state index in [0.29, 0.717) is 12.7 Å². The second kappa shape index (κ2) is 9.66. The van der Waals surface area contributed by atoms with Crippen molar-refractivity contribution < 1.29 is 23.1 Å². The van der Waals surface area contributed by atoms with E-state index in [1.165, 1.54) is 0 Å². The standard InChI is InChI=1S/C20H22F2N2O3/c1-3-27-16-7-4-14(5-8-16)13(2)24-19(25)10-11-23-20(26)17-9-6-15(21)12-18(17)22/h4-9,12-13H,3,10-11H2,1-2H3,(H,23,26)(H,24,25). The van der Waals surface area contributed by atoms with Crippen LogP contribution in [0.3, 0.4) is 0 Å². The maximum absolute atomic E-state index is 13.5. The lowest BCUT2D eigenvalue weighted by Crippen LogP contribution is -2.32. The summed E-state index contributed by atoms with van der Waals surface area (Å²) in [6, 6.07) is 9.90. The van der Waals surface area contributed by atoms with E-state index >= 15 is 0 Å². The second-order valence-electron chi connectivity index (χ2n) is 5.92. The van der Waals surface area contributed by atoms with Gasteiger partial charge in [0.05, 0.1) is 18.2 Å². The van der Waals surface area contributed by atoms with Gasteiger partial charge in [-0.3, -0.25) is 9.59 Å². The minimum Gasteiger partial charge on any atom is -0.494 e. The van der Waals surface area contributed by atoms with E-state index in [1.807, 2.05) is 38.1 Å². The van der Waals surface area contributed by atoms with E-state index in [-0.39, 0.29) is 30.5 Å². The summed E-state index contributed by atoms with van der Waals surface area (Å²) in [6.07, 6.45) is 0.0376. The maximum Gasteiger partial charge on any atom is 0.254 e. The molecule has 0 saturated heterocycles. The Morgan fingerprint density at radius 1 is 1.11 bits per heavy atom. The molecule has 2 aromatic carbocycles. The summed E-state index contributed by atoms with van der Waals surface area (Å²) in [4.78, 5) is 23.9. The Labute approximate surface area is 156 Å². The first-order valence-electron chi connectivity index (χ1n) is 8.66. The first-order valence-corrected chi connectivity index (χ1v) is 8.66. The molecule has 1 atom stereocenters. The van der Waals surface area contributed by atoms with Crippen LogP contribution in [0.4, 0.5) is 8.78 Å². The number of hydrogen-bond acceptors (Lipinski definition) is 3. The molecule has 27 heavy (non-hydrogen) atoms. The van der Waals surface area contributed by atoms with E-state index in [2.05, 4.69) is 10.6 Å². The smallest absolute Gasteiger partial charge is 0.254 e. The Bertz CT molecular complexity index is 794. The molecular weight excluding hydrogens is 354 g/mol. The molecule has 2 aromatic rings. The highest BCUT2D eigenvalue weighted by molar-refractivity contribution is 5.94. The summed E-state index contributed by atoms with van der Waals surface area (Å²) >= 11 is 0. The van der Waals surface area contributed by atoms with Crippen LogP contribution in [0.25, 0.3) is 0 Å². The van der Waals surface area contributed by atoms with E-state index in [9.17, 15) is 18.4 Å². The molecule has 0 bridgehead atoms. The number of carbonyl (C=O) groups is 2. The highest BCUT2D eigenvalue weighted by Crippen LogP contribution is 2.17. The van der Waals surface area contributed by atoms with Crippen molar-refractivity contribution in [2.45, 2.75) is 26.3 Å². The third kappa shape index (κ3) is 6.06. The average Bonchev–Trinajstić information content (AvgIpc) is 2.62. The molecule has 2 N–H and O–H groups in total. The van der Waals surface area contributed by atoms with E-state index in [0.717, 1.165) is 23.4 Å². The maximum atomic E-state index is 13.5. The lowest BCUT2D eigenvalue weighted by molar-refractivity contribution is -0.121. The minimum absolute atomic E-state index is 0.0376. The monoisotopic (exact) mass is 376 g/mol. The van der Waals surface area contributed by atoms with Crippen molar-refractivity contribution in [2.24, 2.45) is 0 Å². The number of carbonyl (C=O) groups excluding carboxylic acids is 2. The molecule has 0 aliphatic rings. The van der Waals surface area contributed by atoms with Gasteiger partial charge in [-0.2, -0.15) is 0 Å². The molecule has 0 radical (unpaired) electrons. The molecule has 0 aliphatic heterocycles. The number of halogens is 2. The fourth-order valence-electron chi connectivity index (χ4n) is 2.47. The number of benzene rings is 2. The zero-order valence-electron chi connectivity index (χ0n) is 15.2. The van der Waals surface area contributed by atoms with Crippen molar-refractivity contribution in [3.8, 4) is 5.75 Å². The summed E-state index contributed by atoms with van der Waals surface area (Å²) in [7, 11) is 0. The highest BCUT2D eigenvalue weighted by atomic mass is 19.1. The van der Waals surface area contributed by atoms with Gasteiger partial charge in [0, 0.05) is 19.0 Å². The van der Waals surface area contributed by atoms with Crippen molar-refractivity contribution >= 4 is 11.8 Å². The number of hydrogen-bond donors (Lipinski definition) is 2. The van der Waals surface area contributed by atoms with Crippen molar-refractivity contribution in [3.63, 3.8) is 0 Å². The summed E-state index contributed by atoms with van der Waals surface area (Å²) in [5.74, 6) is -1.89. The van der Waals surface area contributed by atoms with Crippen LogP contribution >= 0.6 is 0 Å². The van der Waals surface area contributed by atoms with Crippen LogP contribution in [0.5, 0.6) is 5.75 Å². The van der Waals surface area contributed by atoms with Gasteiger partial charge in [0.2, 0.25) is 5.91 Å². The lowest BCUT2D eigenvalue weighted by atomic mass is 10.1. The third-order valence-electron chi connectivity index (χ3n) is 3.88. The molecule has 0 fully saturated rings. The van der Waals surface area contributed by atoms with Gasteiger partial charge in [-0.1, -0.05) is 12.1 Å². The Hall–Kier alpha value is -2.96. The van der Waals surface area contributed by atoms with Crippen LogP contribution in [0, 0.1) is 11.6 Å². The van der Waals surface area contributed by atoms with Gasteiger partial charge in [-0.15, -0.1) is 0 Å². The van der Waals surface area contributed by atoms with Gasteiger partial charge < -0.3 is 15.4 Å². The molecule has 7 heteroatoms. The van der Waals surface area contributed by atoms with Gasteiger partial charge in [0.1, 0.15) is 17.4 Å². The quantitative estimate of drug-likeness (QED) is 0.742.